The van der Waals surface area contributed by atoms with E-state index in [4.69, 9.17) is 0 Å². The van der Waals surface area contributed by atoms with Crippen LogP contribution in [0.2, 0.25) is 0 Å². The zero-order chi connectivity index (χ0) is 14.9. The maximum atomic E-state index is 10.0. The molecule has 0 aromatic carbocycles. The average molecular weight is 294 g/mol. The zero-order valence-electron chi connectivity index (χ0n) is 14.0. The summed E-state index contributed by atoms with van der Waals surface area (Å²) >= 11 is 0. The van der Waals surface area contributed by atoms with Crippen LogP contribution in [0.15, 0.2) is 0 Å². The Labute approximate surface area is 130 Å². The maximum Gasteiger partial charge on any atom is 0.0628 e. The number of likely N-dealkylation sites (N-methyl/N-ethyl adjacent to an activating group) is 1. The van der Waals surface area contributed by atoms with Crippen molar-refractivity contribution in [1.29, 1.82) is 0 Å². The highest BCUT2D eigenvalue weighted by molar-refractivity contribution is 5.03. The van der Waals surface area contributed by atoms with Crippen LogP contribution in [0.4, 0.5) is 0 Å². The summed E-state index contributed by atoms with van der Waals surface area (Å²) in [6, 6.07) is 0. The molecule has 3 aliphatic carbocycles. The van der Waals surface area contributed by atoms with E-state index in [2.05, 4.69) is 24.2 Å². The largest absolute Gasteiger partial charge is 0.394 e. The third kappa shape index (κ3) is 3.46. The molecular weight excluding hydrogens is 260 g/mol. The standard InChI is InChI=1S/C18H34N2O/c1-3-8-19-18(13-21,17-6-7-17)12-20(2)11-16-10-14-4-5-15(16)9-14/h14-17,19,21H,3-13H2,1-2H3. The van der Waals surface area contributed by atoms with Crippen molar-refractivity contribution in [2.24, 2.45) is 23.7 Å². The fourth-order valence-electron chi connectivity index (χ4n) is 5.12. The van der Waals surface area contributed by atoms with E-state index in [-0.39, 0.29) is 5.54 Å². The van der Waals surface area contributed by atoms with Crippen LogP contribution in [-0.2, 0) is 0 Å². The Hall–Kier alpha value is -0.120. The summed E-state index contributed by atoms with van der Waals surface area (Å²) in [7, 11) is 2.27. The van der Waals surface area contributed by atoms with Gasteiger partial charge in [0.1, 0.15) is 0 Å². The van der Waals surface area contributed by atoms with Crippen LogP contribution in [-0.4, -0.2) is 48.8 Å². The fraction of sp³-hybridized carbons (Fsp3) is 1.00. The topological polar surface area (TPSA) is 35.5 Å². The predicted octanol–water partition coefficient (Wildman–Crippen LogP) is 2.50. The molecule has 0 heterocycles. The van der Waals surface area contributed by atoms with Gasteiger partial charge in [0, 0.05) is 13.1 Å². The van der Waals surface area contributed by atoms with Gasteiger partial charge in [-0.1, -0.05) is 13.3 Å². The first-order valence-corrected chi connectivity index (χ1v) is 9.21. The van der Waals surface area contributed by atoms with Crippen LogP contribution >= 0.6 is 0 Å². The zero-order valence-corrected chi connectivity index (χ0v) is 14.0. The first-order chi connectivity index (χ1) is 10.2. The highest BCUT2D eigenvalue weighted by Gasteiger charge is 2.46. The van der Waals surface area contributed by atoms with Crippen molar-refractivity contribution in [2.75, 3.05) is 33.3 Å². The Kier molecular flexibility index (Phi) is 4.92. The van der Waals surface area contributed by atoms with Gasteiger partial charge in [0.05, 0.1) is 12.1 Å². The molecule has 0 aromatic heterocycles. The van der Waals surface area contributed by atoms with Gasteiger partial charge in [0.15, 0.2) is 0 Å². The second-order valence-corrected chi connectivity index (χ2v) is 8.15. The molecule has 0 spiro atoms. The van der Waals surface area contributed by atoms with E-state index in [1.807, 2.05) is 0 Å². The Morgan fingerprint density at radius 1 is 1.19 bits per heavy atom. The van der Waals surface area contributed by atoms with E-state index in [1.54, 1.807) is 0 Å². The number of hydrogen-bond acceptors (Lipinski definition) is 3. The second-order valence-electron chi connectivity index (χ2n) is 8.15. The lowest BCUT2D eigenvalue weighted by Gasteiger charge is -2.38. The SMILES string of the molecule is CCCNC(CO)(CN(C)CC1CC2CCC1C2)C1CC1. The molecule has 0 amide bonds. The molecule has 3 aliphatic rings. The van der Waals surface area contributed by atoms with Crippen LogP contribution in [0.5, 0.6) is 0 Å². The van der Waals surface area contributed by atoms with Gasteiger partial charge in [-0.15, -0.1) is 0 Å². The molecule has 3 heteroatoms. The van der Waals surface area contributed by atoms with Gasteiger partial charge in [0.2, 0.25) is 0 Å². The molecular formula is C18H34N2O. The minimum absolute atomic E-state index is 0.0393. The number of aliphatic hydroxyl groups is 1. The van der Waals surface area contributed by atoms with E-state index in [1.165, 1.54) is 45.1 Å². The number of nitrogens with one attached hydrogen (secondary N) is 1. The molecule has 122 valence electrons. The van der Waals surface area contributed by atoms with Crippen LogP contribution in [0.3, 0.4) is 0 Å². The van der Waals surface area contributed by atoms with Crippen LogP contribution in [0, 0.1) is 23.7 Å². The number of nitrogens with zero attached hydrogens (tertiary/aromatic N) is 1. The molecule has 2 bridgehead atoms. The average Bonchev–Trinajstić information content (AvgIpc) is 3.14. The predicted molar refractivity (Wildman–Crippen MR) is 87.3 cm³/mol. The van der Waals surface area contributed by atoms with Gasteiger partial charge in [-0.2, -0.15) is 0 Å². The van der Waals surface area contributed by atoms with Crippen LogP contribution in [0.1, 0.15) is 51.9 Å². The summed E-state index contributed by atoms with van der Waals surface area (Å²) in [5, 5.41) is 13.7. The van der Waals surface area contributed by atoms with Crippen molar-refractivity contribution in [1.82, 2.24) is 10.2 Å². The number of aliphatic hydroxyl groups excluding tert-OH is 1. The minimum Gasteiger partial charge on any atom is -0.394 e. The Balaban J connectivity index is 1.54. The Morgan fingerprint density at radius 2 is 2.00 bits per heavy atom. The highest BCUT2D eigenvalue weighted by Crippen LogP contribution is 2.48. The molecule has 0 aliphatic heterocycles. The van der Waals surface area contributed by atoms with Gasteiger partial charge in [-0.3, -0.25) is 0 Å². The first kappa shape index (κ1) is 15.8. The van der Waals surface area contributed by atoms with Crippen molar-refractivity contribution in [3.8, 4) is 0 Å². The van der Waals surface area contributed by atoms with E-state index in [9.17, 15) is 5.11 Å². The van der Waals surface area contributed by atoms with E-state index < -0.39 is 0 Å². The van der Waals surface area contributed by atoms with E-state index in [0.29, 0.717) is 12.5 Å². The molecule has 2 N–H and O–H groups in total. The molecule has 4 atom stereocenters. The third-order valence-corrected chi connectivity index (χ3v) is 6.35. The summed E-state index contributed by atoms with van der Waals surface area (Å²) in [5.74, 6) is 3.66. The molecule has 4 unspecified atom stereocenters. The van der Waals surface area contributed by atoms with Gasteiger partial charge < -0.3 is 15.3 Å². The molecule has 0 radical (unpaired) electrons. The number of hydrogen-bond donors (Lipinski definition) is 2. The lowest BCUT2D eigenvalue weighted by molar-refractivity contribution is 0.0894. The summed E-state index contributed by atoms with van der Waals surface area (Å²) in [6.45, 7) is 5.78. The molecule has 3 saturated carbocycles. The molecule has 3 rings (SSSR count). The monoisotopic (exact) mass is 294 g/mol. The maximum absolute atomic E-state index is 10.0. The smallest absolute Gasteiger partial charge is 0.0628 e. The number of rotatable bonds is 9. The van der Waals surface area contributed by atoms with E-state index >= 15 is 0 Å². The summed E-state index contributed by atoms with van der Waals surface area (Å²) in [5.41, 5.74) is -0.0393. The van der Waals surface area contributed by atoms with Crippen LogP contribution in [0.25, 0.3) is 0 Å². The van der Waals surface area contributed by atoms with Gasteiger partial charge in [-0.05, 0) is 75.8 Å². The highest BCUT2D eigenvalue weighted by atomic mass is 16.3. The third-order valence-electron chi connectivity index (χ3n) is 6.35. The quantitative estimate of drug-likeness (QED) is 0.686. The minimum atomic E-state index is -0.0393. The summed E-state index contributed by atoms with van der Waals surface area (Å²) in [6.07, 6.45) is 9.66. The Morgan fingerprint density at radius 3 is 2.52 bits per heavy atom. The van der Waals surface area contributed by atoms with Crippen LogP contribution < -0.4 is 5.32 Å². The number of fused-ring (bicyclic) bond motifs is 2. The van der Waals surface area contributed by atoms with Gasteiger partial charge in [-0.25, -0.2) is 0 Å². The lowest BCUT2D eigenvalue weighted by Crippen LogP contribution is -2.58. The lowest BCUT2D eigenvalue weighted by atomic mass is 9.87. The van der Waals surface area contributed by atoms with Crippen molar-refractivity contribution in [3.05, 3.63) is 0 Å². The molecule has 0 saturated heterocycles. The molecule has 0 aromatic rings. The molecule has 21 heavy (non-hydrogen) atoms. The van der Waals surface area contributed by atoms with Gasteiger partial charge >= 0.3 is 0 Å². The fourth-order valence-corrected chi connectivity index (χ4v) is 5.12. The van der Waals surface area contributed by atoms with Crippen molar-refractivity contribution in [2.45, 2.75) is 57.4 Å². The van der Waals surface area contributed by atoms with Crippen molar-refractivity contribution >= 4 is 0 Å². The Bertz CT molecular complexity index is 344. The van der Waals surface area contributed by atoms with Crippen molar-refractivity contribution < 1.29 is 5.11 Å². The second kappa shape index (κ2) is 6.55. The van der Waals surface area contributed by atoms with E-state index in [0.717, 1.165) is 37.3 Å². The first-order valence-electron chi connectivity index (χ1n) is 9.21. The summed E-state index contributed by atoms with van der Waals surface area (Å²) < 4.78 is 0. The van der Waals surface area contributed by atoms with Crippen molar-refractivity contribution in [3.63, 3.8) is 0 Å². The van der Waals surface area contributed by atoms with Gasteiger partial charge in [0.25, 0.3) is 0 Å². The normalized spacial score (nSPS) is 34.6. The summed E-state index contributed by atoms with van der Waals surface area (Å²) in [4.78, 5) is 2.52. The molecule has 3 nitrogen and oxygen atoms in total. The molecule has 3 fully saturated rings.